The van der Waals surface area contributed by atoms with Crippen molar-refractivity contribution in [3.8, 4) is 17.0 Å². The van der Waals surface area contributed by atoms with E-state index in [9.17, 15) is 31.2 Å². The molecule has 2 atom stereocenters. The number of anilines is 2. The lowest BCUT2D eigenvalue weighted by Gasteiger charge is -2.26. The van der Waals surface area contributed by atoms with Crippen LogP contribution in [0.4, 0.5) is 29.7 Å². The highest BCUT2D eigenvalue weighted by Crippen LogP contribution is 2.31. The van der Waals surface area contributed by atoms with Crippen molar-refractivity contribution in [1.82, 2.24) is 25.2 Å². The number of rotatable bonds is 11. The summed E-state index contributed by atoms with van der Waals surface area (Å²) in [6.07, 6.45) is -4.81. The summed E-state index contributed by atoms with van der Waals surface area (Å²) in [5.74, 6) is -0.661. The molecular weight excluding hydrogens is 633 g/mol. The zero-order valence-corrected chi connectivity index (χ0v) is 26.3. The van der Waals surface area contributed by atoms with Gasteiger partial charge in [-0.2, -0.15) is 18.2 Å². The van der Waals surface area contributed by atoms with Crippen LogP contribution < -0.4 is 25.8 Å². The molecule has 14 nitrogen and oxygen atoms in total. The average Bonchev–Trinajstić information content (AvgIpc) is 3.45. The Balaban J connectivity index is 1.63. The quantitative estimate of drug-likeness (QED) is 0.235. The second kappa shape index (κ2) is 13.9. The van der Waals surface area contributed by atoms with Crippen LogP contribution in [0.25, 0.3) is 22.3 Å². The van der Waals surface area contributed by atoms with Gasteiger partial charge in [0.05, 0.1) is 24.9 Å². The van der Waals surface area contributed by atoms with Crippen molar-refractivity contribution in [2.45, 2.75) is 50.3 Å². The molecule has 2 amide bonds. The molecule has 1 aliphatic heterocycles. The number of aromatic nitrogens is 3. The highest BCUT2D eigenvalue weighted by molar-refractivity contribution is 7.89. The molecule has 46 heavy (non-hydrogen) atoms. The maximum absolute atomic E-state index is 13.2. The Morgan fingerprint density at radius 3 is 2.52 bits per heavy atom. The number of benzene rings is 1. The van der Waals surface area contributed by atoms with Gasteiger partial charge in [0.15, 0.2) is 5.82 Å². The first kappa shape index (κ1) is 34.4. The molecule has 1 aromatic carbocycles. The lowest BCUT2D eigenvalue weighted by atomic mass is 10.0. The minimum absolute atomic E-state index is 0.00947. The van der Waals surface area contributed by atoms with Crippen LogP contribution in [0, 0.1) is 5.92 Å². The van der Waals surface area contributed by atoms with Crippen LogP contribution >= 0.6 is 0 Å². The van der Waals surface area contributed by atoms with Crippen molar-refractivity contribution in [2.24, 2.45) is 11.1 Å². The minimum Gasteiger partial charge on any atom is -0.492 e. The third-order valence-electron chi connectivity index (χ3n) is 7.07. The van der Waals surface area contributed by atoms with E-state index in [-0.39, 0.29) is 70.2 Å². The van der Waals surface area contributed by atoms with Crippen LogP contribution in [0.3, 0.4) is 0 Å². The van der Waals surface area contributed by atoms with Crippen LogP contribution in [0.15, 0.2) is 35.2 Å². The van der Waals surface area contributed by atoms with E-state index in [1.807, 2.05) is 0 Å². The Bertz CT molecular complexity index is 1710. The first-order chi connectivity index (χ1) is 21.6. The largest absolute Gasteiger partial charge is 0.492 e. The SMILES string of the molecule is CCOc1ccc(-c2ccc3nc(NC4CCN(C(=O)C(NC(=O)OC)C(C)C)C4)nc(NCC(F)(F)F)c3n2)cc1S(N)(=O)=O. The molecule has 4 rings (SSSR count). The first-order valence-corrected chi connectivity index (χ1v) is 15.8. The number of pyridine rings is 1. The number of hydrogen-bond donors (Lipinski definition) is 4. The predicted molar refractivity (Wildman–Crippen MR) is 163 cm³/mol. The minimum atomic E-state index is -4.57. The Labute approximate surface area is 263 Å². The van der Waals surface area contributed by atoms with E-state index in [4.69, 9.17) is 9.88 Å². The molecule has 18 heteroatoms. The highest BCUT2D eigenvalue weighted by atomic mass is 32.2. The van der Waals surface area contributed by atoms with E-state index in [0.717, 1.165) is 0 Å². The molecule has 1 fully saturated rings. The molecule has 0 radical (unpaired) electrons. The number of alkyl halides is 3. The van der Waals surface area contributed by atoms with Crippen molar-refractivity contribution < 1.29 is 40.7 Å². The number of ether oxygens (including phenoxy) is 2. The number of hydrogen-bond acceptors (Lipinski definition) is 11. The number of nitrogens with one attached hydrogen (secondary N) is 3. The van der Waals surface area contributed by atoms with E-state index in [0.29, 0.717) is 18.5 Å². The number of carbonyl (C=O) groups is 2. The zero-order chi connectivity index (χ0) is 33.8. The number of amides is 2. The Morgan fingerprint density at radius 2 is 1.89 bits per heavy atom. The van der Waals surface area contributed by atoms with Gasteiger partial charge in [0.2, 0.25) is 21.9 Å². The fourth-order valence-corrected chi connectivity index (χ4v) is 5.57. The molecule has 5 N–H and O–H groups in total. The molecule has 2 aromatic heterocycles. The number of nitrogens with two attached hydrogens (primary N) is 1. The number of fused-ring (bicyclic) bond motifs is 1. The van der Waals surface area contributed by atoms with Crippen LogP contribution in [-0.2, 0) is 19.6 Å². The maximum atomic E-state index is 13.2. The predicted octanol–water partition coefficient (Wildman–Crippen LogP) is 3.11. The van der Waals surface area contributed by atoms with Gasteiger partial charge >= 0.3 is 12.3 Å². The van der Waals surface area contributed by atoms with Crippen molar-refractivity contribution in [1.29, 1.82) is 0 Å². The molecule has 3 aromatic rings. The summed E-state index contributed by atoms with van der Waals surface area (Å²) in [4.78, 5) is 39.4. The van der Waals surface area contributed by atoms with Crippen LogP contribution in [-0.4, -0.2) is 91.9 Å². The molecule has 0 bridgehead atoms. The van der Waals surface area contributed by atoms with Gasteiger partial charge in [-0.3, -0.25) is 4.79 Å². The van der Waals surface area contributed by atoms with E-state index in [2.05, 4.69) is 35.6 Å². The Kier molecular flexibility index (Phi) is 10.4. The van der Waals surface area contributed by atoms with Gasteiger partial charge in [-0.05, 0) is 49.6 Å². The highest BCUT2D eigenvalue weighted by Gasteiger charge is 2.34. The molecule has 0 spiro atoms. The number of primary sulfonamides is 1. The number of halogens is 3. The second-order valence-corrected chi connectivity index (χ2v) is 12.4. The Morgan fingerprint density at radius 1 is 1.15 bits per heavy atom. The van der Waals surface area contributed by atoms with Crippen LogP contribution in [0.5, 0.6) is 5.75 Å². The van der Waals surface area contributed by atoms with Gasteiger partial charge in [0.25, 0.3) is 0 Å². The Hall–Kier alpha value is -4.45. The standard InChI is InChI=1S/C28H35F3N8O6S/c1-5-45-20-9-6-16(12-21(20)46(32,42)43)18-7-8-19-23(35-18)24(33-14-28(29,30)31)38-26(36-19)34-17-10-11-39(13-17)25(40)22(15(2)3)37-27(41)44-4/h6-9,12,15,17,22H,5,10-11,13-14H2,1-4H3,(H,37,41)(H2,32,42,43)(H2,33,34,36,38). The summed E-state index contributed by atoms with van der Waals surface area (Å²) in [5.41, 5.74) is 0.757. The van der Waals surface area contributed by atoms with Gasteiger partial charge in [0, 0.05) is 24.7 Å². The van der Waals surface area contributed by atoms with Crippen molar-refractivity contribution in [2.75, 3.05) is 44.0 Å². The smallest absolute Gasteiger partial charge is 0.407 e. The van der Waals surface area contributed by atoms with Crippen molar-refractivity contribution >= 4 is 44.8 Å². The second-order valence-electron chi connectivity index (χ2n) is 10.8. The molecule has 0 saturated carbocycles. The van der Waals surface area contributed by atoms with Gasteiger partial charge in [-0.25, -0.2) is 28.3 Å². The van der Waals surface area contributed by atoms with Crippen molar-refractivity contribution in [3.05, 3.63) is 30.3 Å². The molecule has 250 valence electrons. The van der Waals surface area contributed by atoms with E-state index >= 15 is 0 Å². The summed E-state index contributed by atoms with van der Waals surface area (Å²) >= 11 is 0. The number of methoxy groups -OCH3 is 1. The molecule has 1 aliphatic rings. The third kappa shape index (κ3) is 8.42. The van der Waals surface area contributed by atoms with Gasteiger partial charge < -0.3 is 30.3 Å². The first-order valence-electron chi connectivity index (χ1n) is 14.3. The monoisotopic (exact) mass is 668 g/mol. The normalized spacial score (nSPS) is 15.9. The molecule has 2 unspecified atom stereocenters. The fraction of sp³-hybridized carbons (Fsp3) is 0.464. The van der Waals surface area contributed by atoms with Crippen LogP contribution in [0.2, 0.25) is 0 Å². The van der Waals surface area contributed by atoms with Crippen molar-refractivity contribution in [3.63, 3.8) is 0 Å². The summed E-state index contributed by atoms with van der Waals surface area (Å²) in [6.45, 7) is 4.65. The maximum Gasteiger partial charge on any atom is 0.407 e. The fourth-order valence-electron chi connectivity index (χ4n) is 4.87. The summed E-state index contributed by atoms with van der Waals surface area (Å²) in [7, 11) is -2.97. The molecule has 0 aliphatic carbocycles. The number of carbonyl (C=O) groups excluding carboxylic acids is 2. The lowest BCUT2D eigenvalue weighted by Crippen LogP contribution is -2.51. The topological polar surface area (TPSA) is 191 Å². The molecular formula is C28H35F3N8O6S. The van der Waals surface area contributed by atoms with Gasteiger partial charge in [-0.1, -0.05) is 13.8 Å². The number of sulfonamides is 1. The summed E-state index contributed by atoms with van der Waals surface area (Å²) in [5, 5.41) is 13.3. The number of nitrogens with zero attached hydrogens (tertiary/aromatic N) is 4. The zero-order valence-electron chi connectivity index (χ0n) is 25.5. The van der Waals surface area contributed by atoms with Gasteiger partial charge in [-0.15, -0.1) is 0 Å². The van der Waals surface area contributed by atoms with E-state index < -0.39 is 34.9 Å². The average molecular weight is 669 g/mol. The van der Waals surface area contributed by atoms with Crippen LogP contribution in [0.1, 0.15) is 27.2 Å². The summed E-state index contributed by atoms with van der Waals surface area (Å²) in [6, 6.07) is 6.14. The number of likely N-dealkylation sites (tertiary alicyclic amines) is 1. The third-order valence-corrected chi connectivity index (χ3v) is 8.00. The van der Waals surface area contributed by atoms with E-state index in [1.54, 1.807) is 31.7 Å². The molecule has 1 saturated heterocycles. The number of alkyl carbamates (subject to hydrolysis) is 1. The summed E-state index contributed by atoms with van der Waals surface area (Å²) < 4.78 is 74.1. The lowest BCUT2D eigenvalue weighted by molar-refractivity contribution is -0.133. The van der Waals surface area contributed by atoms with Gasteiger partial charge in [0.1, 0.15) is 28.7 Å². The van der Waals surface area contributed by atoms with E-state index in [1.165, 1.54) is 31.4 Å². The molecule has 3 heterocycles.